The van der Waals surface area contributed by atoms with E-state index in [1.807, 2.05) is 19.1 Å². The summed E-state index contributed by atoms with van der Waals surface area (Å²) in [6, 6.07) is 10.3. The smallest absolute Gasteiger partial charge is 0.236 e. The van der Waals surface area contributed by atoms with Gasteiger partial charge in [-0.2, -0.15) is 0 Å². The van der Waals surface area contributed by atoms with Gasteiger partial charge in [-0.1, -0.05) is 17.3 Å². The number of aryl methyl sites for hydroxylation is 1. The molecule has 33 heavy (non-hydrogen) atoms. The molecule has 1 aliphatic carbocycles. The monoisotopic (exact) mass is 471 g/mol. The van der Waals surface area contributed by atoms with Gasteiger partial charge in [0.1, 0.15) is 23.1 Å². The molecule has 1 aromatic carbocycles. The number of nitrogens with zero attached hydrogens (tertiary/aromatic N) is 6. The minimum Gasteiger partial charge on any atom is -0.354 e. The molecular weight excluding hydrogens is 445 g/mol. The first-order chi connectivity index (χ1) is 15.9. The van der Waals surface area contributed by atoms with Gasteiger partial charge in [-0.15, -0.1) is 5.10 Å². The zero-order chi connectivity index (χ0) is 23.0. The maximum absolute atomic E-state index is 14.1. The van der Waals surface area contributed by atoms with Crippen LogP contribution in [0.4, 0.5) is 16.0 Å². The summed E-state index contributed by atoms with van der Waals surface area (Å²) in [7, 11) is -3.33. The SMILES string of the molecule is Cc1ccc(F)c(-n2cc(CN3CCN(c4cccc(NS(=O)(=O)C5CC5)n4)CC3)nn2)c1. The van der Waals surface area contributed by atoms with Crippen LogP contribution in [0.25, 0.3) is 5.69 Å². The third kappa shape index (κ3) is 4.98. The molecule has 1 saturated carbocycles. The second-order valence-corrected chi connectivity index (χ2v) is 10.6. The van der Waals surface area contributed by atoms with E-state index in [4.69, 9.17) is 0 Å². The summed E-state index contributed by atoms with van der Waals surface area (Å²) >= 11 is 0. The van der Waals surface area contributed by atoms with E-state index < -0.39 is 10.0 Å². The van der Waals surface area contributed by atoms with Crippen molar-refractivity contribution in [2.24, 2.45) is 0 Å². The molecule has 5 rings (SSSR count). The number of piperazine rings is 1. The minimum absolute atomic E-state index is 0.285. The Kier molecular flexibility index (Phi) is 5.75. The maximum atomic E-state index is 14.1. The van der Waals surface area contributed by atoms with Crippen LogP contribution in [0.2, 0.25) is 0 Å². The van der Waals surface area contributed by atoms with Crippen molar-refractivity contribution in [3.8, 4) is 5.69 Å². The summed E-state index contributed by atoms with van der Waals surface area (Å²) in [5.41, 5.74) is 2.12. The second kappa shape index (κ2) is 8.71. The molecule has 1 aliphatic heterocycles. The molecule has 0 radical (unpaired) electrons. The second-order valence-electron chi connectivity index (χ2n) is 8.60. The Morgan fingerprint density at radius 3 is 2.67 bits per heavy atom. The number of sulfonamides is 1. The van der Waals surface area contributed by atoms with Gasteiger partial charge in [-0.25, -0.2) is 22.5 Å². The van der Waals surface area contributed by atoms with Crippen molar-refractivity contribution in [3.05, 3.63) is 59.7 Å². The fourth-order valence-electron chi connectivity index (χ4n) is 3.91. The predicted molar refractivity (Wildman–Crippen MR) is 123 cm³/mol. The molecular formula is C22H26FN7O2S. The molecule has 0 unspecified atom stereocenters. The zero-order valence-electron chi connectivity index (χ0n) is 18.4. The Hall–Kier alpha value is -3.05. The van der Waals surface area contributed by atoms with E-state index in [-0.39, 0.29) is 11.1 Å². The molecule has 0 bridgehead atoms. The summed E-state index contributed by atoms with van der Waals surface area (Å²) in [6.07, 6.45) is 3.19. The minimum atomic E-state index is -3.33. The fraction of sp³-hybridized carbons (Fsp3) is 0.409. The first-order valence-electron chi connectivity index (χ1n) is 11.0. The van der Waals surface area contributed by atoms with Crippen LogP contribution in [0.5, 0.6) is 0 Å². The summed E-state index contributed by atoms with van der Waals surface area (Å²) in [5, 5.41) is 8.02. The van der Waals surface area contributed by atoms with Gasteiger partial charge in [-0.3, -0.25) is 9.62 Å². The number of rotatable bonds is 7. The molecule has 11 heteroatoms. The molecule has 1 N–H and O–H groups in total. The van der Waals surface area contributed by atoms with Gasteiger partial charge < -0.3 is 4.90 Å². The molecule has 3 aromatic rings. The van der Waals surface area contributed by atoms with E-state index in [0.717, 1.165) is 43.3 Å². The highest BCUT2D eigenvalue weighted by atomic mass is 32.2. The van der Waals surface area contributed by atoms with Gasteiger partial charge in [0.2, 0.25) is 10.0 Å². The number of hydrogen-bond donors (Lipinski definition) is 1. The normalized spacial score (nSPS) is 17.3. The summed E-state index contributed by atoms with van der Waals surface area (Å²) in [6.45, 7) is 5.64. The van der Waals surface area contributed by atoms with Gasteiger partial charge in [0.05, 0.1) is 17.1 Å². The van der Waals surface area contributed by atoms with Crippen LogP contribution in [0.15, 0.2) is 42.6 Å². The number of anilines is 2. The lowest BCUT2D eigenvalue weighted by molar-refractivity contribution is 0.246. The van der Waals surface area contributed by atoms with Crippen molar-refractivity contribution in [2.75, 3.05) is 35.8 Å². The quantitative estimate of drug-likeness (QED) is 0.565. The lowest BCUT2D eigenvalue weighted by atomic mass is 10.2. The predicted octanol–water partition coefficient (Wildman–Crippen LogP) is 2.34. The lowest BCUT2D eigenvalue weighted by Gasteiger charge is -2.35. The van der Waals surface area contributed by atoms with Crippen LogP contribution in [-0.2, 0) is 16.6 Å². The Morgan fingerprint density at radius 1 is 1.12 bits per heavy atom. The number of halogens is 1. The van der Waals surface area contributed by atoms with E-state index in [9.17, 15) is 12.8 Å². The van der Waals surface area contributed by atoms with Crippen LogP contribution < -0.4 is 9.62 Å². The van der Waals surface area contributed by atoms with Crippen LogP contribution in [0, 0.1) is 12.7 Å². The van der Waals surface area contributed by atoms with Gasteiger partial charge in [0, 0.05) is 32.7 Å². The average molecular weight is 472 g/mol. The summed E-state index contributed by atoms with van der Waals surface area (Å²) in [5.74, 6) is 0.785. The molecule has 174 valence electrons. The highest BCUT2D eigenvalue weighted by molar-refractivity contribution is 7.93. The van der Waals surface area contributed by atoms with Crippen LogP contribution >= 0.6 is 0 Å². The van der Waals surface area contributed by atoms with Crippen molar-refractivity contribution in [3.63, 3.8) is 0 Å². The molecule has 2 fully saturated rings. The number of aromatic nitrogens is 4. The molecule has 1 saturated heterocycles. The summed E-state index contributed by atoms with van der Waals surface area (Å²) < 4.78 is 42.6. The molecule has 0 atom stereocenters. The Balaban J connectivity index is 1.19. The number of hydrogen-bond acceptors (Lipinski definition) is 7. The molecule has 0 spiro atoms. The zero-order valence-corrected chi connectivity index (χ0v) is 19.2. The molecule has 3 heterocycles. The van der Waals surface area contributed by atoms with Crippen molar-refractivity contribution in [2.45, 2.75) is 31.6 Å². The molecule has 2 aliphatic rings. The molecule has 9 nitrogen and oxygen atoms in total. The third-order valence-corrected chi connectivity index (χ3v) is 7.76. The first-order valence-corrected chi connectivity index (χ1v) is 12.6. The van der Waals surface area contributed by atoms with Crippen LogP contribution in [-0.4, -0.2) is 64.7 Å². The standard InChI is InChI=1S/C22H26FN7O2S/c1-16-5-8-19(23)20(13-16)30-15-17(25-27-30)14-28-9-11-29(12-10-28)22-4-2-3-21(24-22)26-33(31,32)18-6-7-18/h2-5,8,13,15,18H,6-7,9-12,14H2,1H3,(H,24,26). The molecule has 0 amide bonds. The van der Waals surface area contributed by atoms with E-state index in [2.05, 4.69) is 29.8 Å². The average Bonchev–Trinajstić information content (AvgIpc) is 3.57. The van der Waals surface area contributed by atoms with Gasteiger partial charge in [0.25, 0.3) is 0 Å². The highest BCUT2D eigenvalue weighted by Crippen LogP contribution is 2.29. The van der Waals surface area contributed by atoms with Crippen molar-refractivity contribution < 1.29 is 12.8 Å². The van der Waals surface area contributed by atoms with E-state index >= 15 is 0 Å². The van der Waals surface area contributed by atoms with Crippen LogP contribution in [0.1, 0.15) is 24.1 Å². The van der Waals surface area contributed by atoms with Gasteiger partial charge >= 0.3 is 0 Å². The Labute approximate surface area is 192 Å². The number of nitrogens with one attached hydrogen (secondary N) is 1. The lowest BCUT2D eigenvalue weighted by Crippen LogP contribution is -2.46. The van der Waals surface area contributed by atoms with Gasteiger partial charge in [-0.05, 0) is 49.6 Å². The Morgan fingerprint density at radius 2 is 1.91 bits per heavy atom. The van der Waals surface area contributed by atoms with E-state index in [1.54, 1.807) is 24.4 Å². The largest absolute Gasteiger partial charge is 0.354 e. The van der Waals surface area contributed by atoms with E-state index in [0.29, 0.717) is 30.9 Å². The Bertz CT molecular complexity index is 1250. The fourth-order valence-corrected chi connectivity index (χ4v) is 5.24. The maximum Gasteiger partial charge on any atom is 0.236 e. The number of pyridine rings is 1. The topological polar surface area (TPSA) is 96.2 Å². The number of benzene rings is 1. The third-order valence-electron chi connectivity index (χ3n) is 5.92. The first kappa shape index (κ1) is 21.8. The van der Waals surface area contributed by atoms with E-state index in [1.165, 1.54) is 10.7 Å². The van der Waals surface area contributed by atoms with Crippen molar-refractivity contribution in [1.82, 2.24) is 24.9 Å². The van der Waals surface area contributed by atoms with Gasteiger partial charge in [0.15, 0.2) is 0 Å². The van der Waals surface area contributed by atoms with Crippen LogP contribution in [0.3, 0.4) is 0 Å². The summed E-state index contributed by atoms with van der Waals surface area (Å²) in [4.78, 5) is 8.91. The van der Waals surface area contributed by atoms with Crippen molar-refractivity contribution >= 4 is 21.7 Å². The van der Waals surface area contributed by atoms with Crippen molar-refractivity contribution in [1.29, 1.82) is 0 Å². The highest BCUT2D eigenvalue weighted by Gasteiger charge is 2.36. The molecule has 2 aromatic heterocycles.